The molecule has 4 nitrogen and oxygen atoms in total. The molecule has 0 spiro atoms. The van der Waals surface area contributed by atoms with E-state index >= 15 is 0 Å². The zero-order chi connectivity index (χ0) is 11.7. The third kappa shape index (κ3) is 1.68. The minimum absolute atomic E-state index is 0.212. The molecule has 2 aromatic rings. The number of amides is 1. The highest BCUT2D eigenvalue weighted by molar-refractivity contribution is 9.10. The van der Waals surface area contributed by atoms with E-state index in [9.17, 15) is 4.79 Å². The monoisotopic (exact) mass is 280 g/mol. The van der Waals surface area contributed by atoms with Crippen LogP contribution in [0, 0.1) is 6.92 Å². The van der Waals surface area contributed by atoms with Crippen molar-refractivity contribution in [1.82, 2.24) is 10.5 Å². The number of nitrogens with zero attached hydrogens (tertiary/aromatic N) is 1. The van der Waals surface area contributed by atoms with Crippen LogP contribution in [0.4, 0.5) is 0 Å². The van der Waals surface area contributed by atoms with Crippen LogP contribution in [0.25, 0.3) is 10.8 Å². The fourth-order valence-electron chi connectivity index (χ4n) is 1.67. The Morgan fingerprint density at radius 1 is 1.50 bits per heavy atom. The van der Waals surface area contributed by atoms with Gasteiger partial charge in [-0.3, -0.25) is 10.0 Å². The summed E-state index contributed by atoms with van der Waals surface area (Å²) in [7, 11) is 0. The van der Waals surface area contributed by atoms with Gasteiger partial charge in [-0.25, -0.2) is 10.5 Å². The molecule has 0 fully saturated rings. The van der Waals surface area contributed by atoms with Gasteiger partial charge in [-0.2, -0.15) is 0 Å². The lowest BCUT2D eigenvalue weighted by molar-refractivity contribution is 0.0703. The molecule has 5 heteroatoms. The van der Waals surface area contributed by atoms with E-state index in [4.69, 9.17) is 5.21 Å². The van der Waals surface area contributed by atoms with Gasteiger partial charge in [-0.15, -0.1) is 0 Å². The van der Waals surface area contributed by atoms with Crippen molar-refractivity contribution in [3.63, 3.8) is 0 Å². The van der Waals surface area contributed by atoms with Gasteiger partial charge in [0.2, 0.25) is 0 Å². The predicted octanol–water partition coefficient (Wildman–Crippen LogP) is 2.42. The Bertz CT molecular complexity index is 561. The molecule has 0 saturated heterocycles. The van der Waals surface area contributed by atoms with Crippen LogP contribution in [0.5, 0.6) is 0 Å². The molecule has 0 radical (unpaired) electrons. The number of carbonyl (C=O) groups is 1. The average Bonchev–Trinajstić information content (AvgIpc) is 2.28. The number of carbonyl (C=O) groups excluding carboxylic acids is 1. The minimum Gasteiger partial charge on any atom is -0.288 e. The van der Waals surface area contributed by atoms with E-state index < -0.39 is 5.91 Å². The van der Waals surface area contributed by atoms with E-state index in [2.05, 4.69) is 20.9 Å². The number of hydrogen-bond acceptors (Lipinski definition) is 3. The summed E-state index contributed by atoms with van der Waals surface area (Å²) in [5, 5.41) is 10.3. The highest BCUT2D eigenvalue weighted by Crippen LogP contribution is 2.28. The second-order valence-electron chi connectivity index (χ2n) is 3.39. The number of fused-ring (bicyclic) bond motifs is 1. The Morgan fingerprint density at radius 3 is 2.94 bits per heavy atom. The van der Waals surface area contributed by atoms with Gasteiger partial charge in [0.15, 0.2) is 0 Å². The molecule has 0 aliphatic carbocycles. The molecular weight excluding hydrogens is 272 g/mol. The van der Waals surface area contributed by atoms with Crippen LogP contribution < -0.4 is 5.48 Å². The summed E-state index contributed by atoms with van der Waals surface area (Å²) < 4.78 is 0.829. The van der Waals surface area contributed by atoms with Crippen LogP contribution >= 0.6 is 15.9 Å². The van der Waals surface area contributed by atoms with Crippen molar-refractivity contribution >= 4 is 32.6 Å². The van der Waals surface area contributed by atoms with Crippen molar-refractivity contribution in [3.05, 3.63) is 40.1 Å². The smallest absolute Gasteiger partial charge is 0.288 e. The van der Waals surface area contributed by atoms with E-state index in [1.54, 1.807) is 17.7 Å². The lowest BCUT2D eigenvalue weighted by Gasteiger charge is -2.07. The van der Waals surface area contributed by atoms with Crippen molar-refractivity contribution in [2.24, 2.45) is 0 Å². The lowest BCUT2D eigenvalue weighted by Crippen LogP contribution is -2.20. The molecular formula is C11H9BrN2O2. The molecule has 1 aromatic carbocycles. The van der Waals surface area contributed by atoms with Crippen LogP contribution in [0.1, 0.15) is 16.1 Å². The molecule has 0 saturated carbocycles. The zero-order valence-corrected chi connectivity index (χ0v) is 10.1. The van der Waals surface area contributed by atoms with E-state index in [-0.39, 0.29) is 5.69 Å². The molecule has 2 rings (SSSR count). The van der Waals surface area contributed by atoms with E-state index in [1.807, 2.05) is 19.1 Å². The predicted molar refractivity (Wildman–Crippen MR) is 63.4 cm³/mol. The maximum Gasteiger partial charge on any atom is 0.293 e. The zero-order valence-electron chi connectivity index (χ0n) is 8.49. The number of halogens is 1. The third-order valence-corrected chi connectivity index (χ3v) is 2.99. The summed E-state index contributed by atoms with van der Waals surface area (Å²) in [6.45, 7) is 1.95. The van der Waals surface area contributed by atoms with Crippen molar-refractivity contribution < 1.29 is 10.0 Å². The maximum absolute atomic E-state index is 11.4. The summed E-state index contributed by atoms with van der Waals surface area (Å²) in [5.41, 5.74) is 2.85. The second-order valence-corrected chi connectivity index (χ2v) is 4.25. The summed E-state index contributed by atoms with van der Waals surface area (Å²) in [5.74, 6) is -0.608. The molecule has 2 N–H and O–H groups in total. The Kier molecular flexibility index (Phi) is 2.89. The van der Waals surface area contributed by atoms with E-state index in [0.717, 1.165) is 15.4 Å². The van der Waals surface area contributed by atoms with Crippen LogP contribution in [0.15, 0.2) is 28.9 Å². The molecule has 0 unspecified atom stereocenters. The van der Waals surface area contributed by atoms with Crippen LogP contribution in [-0.4, -0.2) is 16.1 Å². The highest BCUT2D eigenvalue weighted by Gasteiger charge is 2.13. The number of nitrogens with one attached hydrogen (secondary N) is 1. The Labute approximate surface area is 100 Å². The molecule has 1 heterocycles. The lowest BCUT2D eigenvalue weighted by atomic mass is 10.1. The number of hydroxylamine groups is 1. The summed E-state index contributed by atoms with van der Waals surface area (Å²) in [4.78, 5) is 15.4. The number of pyridine rings is 1. The van der Waals surface area contributed by atoms with Crippen LogP contribution in [-0.2, 0) is 0 Å². The maximum atomic E-state index is 11.4. The topological polar surface area (TPSA) is 62.2 Å². The van der Waals surface area contributed by atoms with Crippen molar-refractivity contribution in [3.8, 4) is 0 Å². The SMILES string of the molecule is Cc1cccc2c(C(=O)NO)ncc(Br)c12. The van der Waals surface area contributed by atoms with Crippen molar-refractivity contribution in [2.75, 3.05) is 0 Å². The van der Waals surface area contributed by atoms with Gasteiger partial charge in [0, 0.05) is 21.4 Å². The van der Waals surface area contributed by atoms with Crippen LogP contribution in [0.3, 0.4) is 0 Å². The molecule has 0 bridgehead atoms. The van der Waals surface area contributed by atoms with Crippen molar-refractivity contribution in [2.45, 2.75) is 6.92 Å². The summed E-state index contributed by atoms with van der Waals surface area (Å²) >= 11 is 3.40. The molecule has 1 aromatic heterocycles. The molecule has 0 aliphatic heterocycles. The van der Waals surface area contributed by atoms with E-state index in [0.29, 0.717) is 5.39 Å². The fourth-order valence-corrected chi connectivity index (χ4v) is 2.30. The quantitative estimate of drug-likeness (QED) is 0.623. The first-order chi connectivity index (χ1) is 7.65. The average molecular weight is 281 g/mol. The number of aryl methyl sites for hydroxylation is 1. The van der Waals surface area contributed by atoms with E-state index in [1.165, 1.54) is 0 Å². The highest BCUT2D eigenvalue weighted by atomic mass is 79.9. The van der Waals surface area contributed by atoms with Gasteiger partial charge >= 0.3 is 0 Å². The second kappa shape index (κ2) is 4.19. The Balaban J connectivity index is 2.84. The number of aromatic nitrogens is 1. The first-order valence-corrected chi connectivity index (χ1v) is 5.42. The molecule has 0 aliphatic rings. The first-order valence-electron chi connectivity index (χ1n) is 4.63. The number of hydrogen-bond donors (Lipinski definition) is 2. The number of benzene rings is 1. The molecule has 1 amide bonds. The first kappa shape index (κ1) is 11.0. The Hall–Kier alpha value is -1.46. The third-order valence-electron chi connectivity index (χ3n) is 2.39. The normalized spacial score (nSPS) is 10.4. The molecule has 82 valence electrons. The van der Waals surface area contributed by atoms with Crippen LogP contribution in [0.2, 0.25) is 0 Å². The van der Waals surface area contributed by atoms with Gasteiger partial charge in [0.25, 0.3) is 5.91 Å². The van der Waals surface area contributed by atoms with Gasteiger partial charge in [0.05, 0.1) is 0 Å². The van der Waals surface area contributed by atoms with Gasteiger partial charge in [-0.05, 0) is 28.4 Å². The van der Waals surface area contributed by atoms with Gasteiger partial charge in [-0.1, -0.05) is 18.2 Å². The minimum atomic E-state index is -0.608. The fraction of sp³-hybridized carbons (Fsp3) is 0.0909. The number of rotatable bonds is 1. The molecule has 16 heavy (non-hydrogen) atoms. The summed E-state index contributed by atoms with van der Waals surface area (Å²) in [6.07, 6.45) is 1.56. The van der Waals surface area contributed by atoms with Gasteiger partial charge in [0.1, 0.15) is 5.69 Å². The Morgan fingerprint density at radius 2 is 2.25 bits per heavy atom. The standard InChI is InChI=1S/C11H9BrN2O2/c1-6-3-2-4-7-9(6)8(12)5-13-10(7)11(15)14-16/h2-5,16H,1H3,(H,14,15). The summed E-state index contributed by atoms with van der Waals surface area (Å²) in [6, 6.07) is 5.60. The largest absolute Gasteiger partial charge is 0.293 e. The molecule has 0 atom stereocenters. The van der Waals surface area contributed by atoms with Crippen molar-refractivity contribution in [1.29, 1.82) is 0 Å². The van der Waals surface area contributed by atoms with Gasteiger partial charge < -0.3 is 0 Å².